The summed E-state index contributed by atoms with van der Waals surface area (Å²) in [6.07, 6.45) is 30.2. The van der Waals surface area contributed by atoms with Gasteiger partial charge in [0.15, 0.2) is 0 Å². The number of aromatic nitrogens is 10. The molecule has 0 bridgehead atoms. The van der Waals surface area contributed by atoms with E-state index in [1.54, 1.807) is 0 Å². The molecule has 0 amide bonds. The topological polar surface area (TPSA) is 124 Å². The van der Waals surface area contributed by atoms with Gasteiger partial charge in [0, 0.05) is 133 Å². The molecule has 5 aromatic heterocycles. The molecule has 0 radical (unpaired) electrons. The molecule has 9 aliphatic rings. The van der Waals surface area contributed by atoms with Gasteiger partial charge >= 0.3 is 0 Å². The Labute approximate surface area is 394 Å². The molecule has 0 N–H and O–H groups in total. The summed E-state index contributed by atoms with van der Waals surface area (Å²) in [7, 11) is 8.29. The number of fused-ring (bicyclic) bond motifs is 7. The molecule has 0 aromatic carbocycles. The van der Waals surface area contributed by atoms with E-state index in [4.69, 9.17) is 0 Å². The second-order valence-electron chi connectivity index (χ2n) is 19.6. The standard InChI is InChI=1S/C8H13N3.C8H14N2.2C7H10N2.C7H12N2.2C7H10N2/c1-10-4-3-8-7(5-10)9-6-11(8)2;1-7-9-5-4-8-3-2-6-10(7)8;1-9-5-8-6-3-2-4-7(6)9;1-9-7-4-2-3-6(7)5-8-9;2*1-6-8-5-7-3-2-4-9(6)7;1-6-5-8-7-3-2-4-9(6)7/h6H,3-5H2,1-2H3;8H,2-6H2,1H3;2*5H,2-4H2,1H3;7H,2-5H2,1H3;2*5H,2-4H2,1H3. The maximum Gasteiger partial charge on any atom is 0.108 e. The van der Waals surface area contributed by atoms with Crippen LogP contribution in [-0.2, 0) is 85.7 Å². The second kappa shape index (κ2) is 22.2. The summed E-state index contributed by atoms with van der Waals surface area (Å²) in [4.78, 5) is 33.0. The van der Waals surface area contributed by atoms with E-state index >= 15 is 0 Å². The van der Waals surface area contributed by atoms with Crippen molar-refractivity contribution in [2.75, 3.05) is 39.8 Å². The number of rotatable bonds is 0. The summed E-state index contributed by atoms with van der Waals surface area (Å²) in [6.45, 7) is 17.6. The van der Waals surface area contributed by atoms with Crippen molar-refractivity contribution in [3.63, 3.8) is 0 Å². The van der Waals surface area contributed by atoms with Crippen LogP contribution in [0.15, 0.2) is 41.2 Å². The highest BCUT2D eigenvalue weighted by Gasteiger charge is 2.29. The van der Waals surface area contributed by atoms with Crippen molar-refractivity contribution in [3.05, 3.63) is 88.3 Å². The molecule has 2 saturated heterocycles. The molecule has 5 aromatic rings. The van der Waals surface area contributed by atoms with Crippen molar-refractivity contribution >= 4 is 11.7 Å². The van der Waals surface area contributed by atoms with Crippen LogP contribution in [0.2, 0.25) is 0 Å². The van der Waals surface area contributed by atoms with Crippen LogP contribution in [-0.4, -0.2) is 126 Å². The van der Waals surface area contributed by atoms with Crippen LogP contribution < -0.4 is 0 Å². The quantitative estimate of drug-likeness (QED) is 0.169. The first-order chi connectivity index (χ1) is 32.0. The van der Waals surface area contributed by atoms with E-state index in [1.165, 1.54) is 191 Å². The van der Waals surface area contributed by atoms with E-state index < -0.39 is 0 Å². The zero-order valence-electron chi connectivity index (χ0n) is 41.7. The molecule has 7 aliphatic heterocycles. The van der Waals surface area contributed by atoms with Gasteiger partial charge < -0.3 is 33.0 Å². The van der Waals surface area contributed by atoms with Crippen LogP contribution in [0, 0.1) is 13.8 Å². The Morgan fingerprint density at radius 1 is 0.530 bits per heavy atom. The normalized spacial score (nSPS) is 21.2. The van der Waals surface area contributed by atoms with Crippen molar-refractivity contribution in [2.45, 2.75) is 162 Å². The number of amidine groups is 2. The number of likely N-dealkylation sites (N-methyl/N-ethyl adjacent to an activating group) is 1. The fraction of sp³-hybridized carbons (Fsp3) is 0.667. The summed E-state index contributed by atoms with van der Waals surface area (Å²) < 4.78 is 10.8. The largest absolute Gasteiger partial charge is 0.358 e. The predicted molar refractivity (Wildman–Crippen MR) is 264 cm³/mol. The summed E-state index contributed by atoms with van der Waals surface area (Å²) in [5.74, 6) is 4.97. The molecule has 15 heteroatoms. The average molecular weight is 902 g/mol. The molecule has 12 heterocycles. The highest BCUT2D eigenvalue weighted by molar-refractivity contribution is 5.82. The van der Waals surface area contributed by atoms with Gasteiger partial charge in [-0.15, -0.1) is 0 Å². The van der Waals surface area contributed by atoms with E-state index in [0.717, 1.165) is 44.7 Å². The Morgan fingerprint density at radius 3 is 1.94 bits per heavy atom. The molecule has 2 aliphatic carbocycles. The zero-order valence-corrected chi connectivity index (χ0v) is 41.7. The maximum atomic E-state index is 4.42. The second-order valence-corrected chi connectivity index (χ2v) is 19.6. The minimum absolute atomic E-state index is 0.782. The third kappa shape index (κ3) is 11.4. The molecule has 2 fully saturated rings. The monoisotopic (exact) mass is 902 g/mol. The Morgan fingerprint density at radius 2 is 1.21 bits per heavy atom. The van der Waals surface area contributed by atoms with E-state index in [-0.39, 0.29) is 0 Å². The van der Waals surface area contributed by atoms with Crippen molar-refractivity contribution < 1.29 is 0 Å². The summed E-state index contributed by atoms with van der Waals surface area (Å²) in [5.41, 5.74) is 11.0. The molecular weight excluding hydrogens is 823 g/mol. The Bertz CT molecular complexity index is 2200. The first-order valence-electron chi connectivity index (χ1n) is 25.3. The fourth-order valence-corrected chi connectivity index (χ4v) is 11.2. The molecule has 2 unspecified atom stereocenters. The molecule has 358 valence electrons. The summed E-state index contributed by atoms with van der Waals surface area (Å²) in [5, 5.41) is 4.15. The molecule has 14 rings (SSSR count). The number of hydrogen-bond acceptors (Lipinski definition) is 10. The van der Waals surface area contributed by atoms with Gasteiger partial charge in [-0.3, -0.25) is 14.7 Å². The van der Waals surface area contributed by atoms with Crippen molar-refractivity contribution in [2.24, 2.45) is 31.1 Å². The minimum atomic E-state index is 0.782. The fourth-order valence-electron chi connectivity index (χ4n) is 11.2. The first kappa shape index (κ1) is 47.4. The van der Waals surface area contributed by atoms with Gasteiger partial charge in [0.1, 0.15) is 11.6 Å². The lowest BCUT2D eigenvalue weighted by atomic mass is 10.1. The number of hydrogen-bond donors (Lipinski definition) is 0. The lowest BCUT2D eigenvalue weighted by Crippen LogP contribution is -2.37. The SMILES string of the molecule is CC1=NCC2CCCN12.CC1=NCCC2CCCN12.CN1CCc2c(ncn2C)C1.Cc1cnc2n1CCC2.Cc1ncc2n1CCC2.Cn1cnc2c1CCC2.Cn1ncc2c1CCC2. The van der Waals surface area contributed by atoms with E-state index in [0.29, 0.717) is 0 Å². The molecular formula is C51H79N15. The van der Waals surface area contributed by atoms with Gasteiger partial charge in [0.2, 0.25) is 0 Å². The Balaban J connectivity index is 0.000000105. The van der Waals surface area contributed by atoms with Gasteiger partial charge in [-0.2, -0.15) is 5.10 Å². The van der Waals surface area contributed by atoms with Crippen LogP contribution in [0.25, 0.3) is 0 Å². The van der Waals surface area contributed by atoms with Crippen molar-refractivity contribution in [1.82, 2.24) is 62.7 Å². The van der Waals surface area contributed by atoms with Crippen LogP contribution in [0.3, 0.4) is 0 Å². The molecule has 0 spiro atoms. The zero-order chi connectivity index (χ0) is 46.2. The van der Waals surface area contributed by atoms with Crippen molar-refractivity contribution in [1.29, 1.82) is 0 Å². The number of nitrogens with zero attached hydrogens (tertiary/aromatic N) is 15. The maximum absolute atomic E-state index is 4.42. The van der Waals surface area contributed by atoms with Crippen LogP contribution in [0.4, 0.5) is 0 Å². The van der Waals surface area contributed by atoms with Gasteiger partial charge in [-0.1, -0.05) is 0 Å². The number of imidazole rings is 4. The van der Waals surface area contributed by atoms with Gasteiger partial charge in [-0.25, -0.2) is 19.9 Å². The predicted octanol–water partition coefficient (Wildman–Crippen LogP) is 6.66. The Hall–Kier alpha value is -5.05. The molecule has 66 heavy (non-hydrogen) atoms. The molecule has 0 saturated carbocycles. The van der Waals surface area contributed by atoms with E-state index in [9.17, 15) is 0 Å². The van der Waals surface area contributed by atoms with Crippen molar-refractivity contribution in [3.8, 4) is 0 Å². The lowest BCUT2D eigenvalue weighted by molar-refractivity contribution is 0.305. The number of aliphatic imine (C=N–C) groups is 2. The van der Waals surface area contributed by atoms with Crippen LogP contribution in [0.1, 0.15) is 129 Å². The summed E-state index contributed by atoms with van der Waals surface area (Å²) in [6, 6.07) is 1.63. The highest BCUT2D eigenvalue weighted by atomic mass is 15.3. The Kier molecular flexibility index (Phi) is 15.9. The number of aryl methyl sites for hydroxylation is 9. The smallest absolute Gasteiger partial charge is 0.108 e. The minimum Gasteiger partial charge on any atom is -0.358 e. The lowest BCUT2D eigenvalue weighted by Gasteiger charge is -2.29. The first-order valence-corrected chi connectivity index (χ1v) is 25.3. The van der Waals surface area contributed by atoms with E-state index in [2.05, 4.69) is 117 Å². The van der Waals surface area contributed by atoms with E-state index in [1.807, 2.05) is 43.0 Å². The third-order valence-electron chi connectivity index (χ3n) is 15.1. The van der Waals surface area contributed by atoms with Gasteiger partial charge in [0.05, 0.1) is 48.5 Å². The third-order valence-corrected chi connectivity index (χ3v) is 15.1. The molecule has 15 nitrogen and oxygen atoms in total. The van der Waals surface area contributed by atoms with Gasteiger partial charge in [-0.05, 0) is 130 Å². The average Bonchev–Trinajstić information content (AvgIpc) is 4.13. The van der Waals surface area contributed by atoms with Crippen LogP contribution in [0.5, 0.6) is 0 Å². The summed E-state index contributed by atoms with van der Waals surface area (Å²) >= 11 is 0. The van der Waals surface area contributed by atoms with Crippen LogP contribution >= 0.6 is 0 Å². The molecule has 2 atom stereocenters. The highest BCUT2D eigenvalue weighted by Crippen LogP contribution is 2.25. The van der Waals surface area contributed by atoms with Gasteiger partial charge in [0.25, 0.3) is 0 Å².